The van der Waals surface area contributed by atoms with Gasteiger partial charge in [0, 0.05) is 0 Å². The number of methoxy groups -OCH3 is 1. The smallest absolute Gasteiger partial charge is 0.118 e. The lowest BCUT2D eigenvalue weighted by molar-refractivity contribution is 0.414. The zero-order valence-corrected chi connectivity index (χ0v) is 13.3. The van der Waals surface area contributed by atoms with Crippen molar-refractivity contribution in [2.45, 2.75) is 6.04 Å². The molecule has 0 spiro atoms. The number of para-hydroxylation sites is 1. The average molecular weight is 315 g/mol. The second kappa shape index (κ2) is 6.16. The van der Waals surface area contributed by atoms with Crippen LogP contribution in [0.15, 0.2) is 78.9 Å². The van der Waals surface area contributed by atoms with E-state index >= 15 is 0 Å². The van der Waals surface area contributed by atoms with E-state index in [9.17, 15) is 0 Å². The van der Waals surface area contributed by atoms with E-state index in [0.29, 0.717) is 0 Å². The maximum absolute atomic E-state index is 5.28. The molecule has 4 rings (SSSR count). The quantitative estimate of drug-likeness (QED) is 0.570. The lowest BCUT2D eigenvalue weighted by Crippen LogP contribution is -2.14. The Morgan fingerprint density at radius 1 is 0.792 bits per heavy atom. The van der Waals surface area contributed by atoms with Crippen LogP contribution in [0.5, 0.6) is 5.75 Å². The molecule has 1 aromatic heterocycles. The number of nitrogens with zero attached hydrogens (tertiary/aromatic N) is 3. The van der Waals surface area contributed by atoms with Gasteiger partial charge >= 0.3 is 0 Å². The first-order chi connectivity index (χ1) is 11.9. The van der Waals surface area contributed by atoms with E-state index in [2.05, 4.69) is 40.6 Å². The van der Waals surface area contributed by atoms with Gasteiger partial charge in [-0.1, -0.05) is 59.8 Å². The number of rotatable bonds is 4. The van der Waals surface area contributed by atoms with Crippen molar-refractivity contribution >= 4 is 11.0 Å². The van der Waals surface area contributed by atoms with E-state index in [4.69, 9.17) is 4.74 Å². The monoisotopic (exact) mass is 315 g/mol. The lowest BCUT2D eigenvalue weighted by Gasteiger charge is -2.19. The SMILES string of the molecule is COc1ccc(C(c2ccccc2)n2nnc3ccccc32)cc1. The molecule has 24 heavy (non-hydrogen) atoms. The Hall–Kier alpha value is -3.14. The molecule has 118 valence electrons. The van der Waals surface area contributed by atoms with E-state index in [1.165, 1.54) is 5.56 Å². The third-order valence-electron chi connectivity index (χ3n) is 4.17. The fourth-order valence-corrected chi connectivity index (χ4v) is 2.97. The van der Waals surface area contributed by atoms with Gasteiger partial charge in [-0.15, -0.1) is 5.10 Å². The van der Waals surface area contributed by atoms with Crippen molar-refractivity contribution in [1.29, 1.82) is 0 Å². The van der Waals surface area contributed by atoms with Crippen LogP contribution < -0.4 is 4.74 Å². The largest absolute Gasteiger partial charge is 0.497 e. The number of fused-ring (bicyclic) bond motifs is 1. The standard InChI is InChI=1S/C20H17N3O/c1-24-17-13-11-16(12-14-17)20(15-7-3-2-4-8-15)23-19-10-6-5-9-18(19)21-22-23/h2-14,20H,1H3. The highest BCUT2D eigenvalue weighted by atomic mass is 16.5. The third kappa shape index (κ3) is 2.52. The van der Waals surface area contributed by atoms with Crippen LogP contribution >= 0.6 is 0 Å². The molecular weight excluding hydrogens is 298 g/mol. The van der Waals surface area contributed by atoms with Gasteiger partial charge in [0.1, 0.15) is 17.3 Å². The third-order valence-corrected chi connectivity index (χ3v) is 4.17. The van der Waals surface area contributed by atoms with E-state index in [1.807, 2.05) is 53.2 Å². The molecule has 0 N–H and O–H groups in total. The van der Waals surface area contributed by atoms with Gasteiger partial charge in [-0.2, -0.15) is 0 Å². The van der Waals surface area contributed by atoms with Crippen LogP contribution in [-0.2, 0) is 0 Å². The molecule has 1 atom stereocenters. The molecule has 0 aliphatic carbocycles. The summed E-state index contributed by atoms with van der Waals surface area (Å²) < 4.78 is 7.26. The Balaban J connectivity index is 1.90. The number of hydrogen-bond donors (Lipinski definition) is 0. The number of aromatic nitrogens is 3. The van der Waals surface area contributed by atoms with Crippen LogP contribution in [0.1, 0.15) is 17.2 Å². The number of hydrogen-bond acceptors (Lipinski definition) is 3. The zero-order chi connectivity index (χ0) is 16.4. The summed E-state index contributed by atoms with van der Waals surface area (Å²) >= 11 is 0. The van der Waals surface area contributed by atoms with Crippen LogP contribution in [0, 0.1) is 0 Å². The average Bonchev–Trinajstić information content (AvgIpc) is 3.07. The van der Waals surface area contributed by atoms with E-state index in [-0.39, 0.29) is 6.04 Å². The van der Waals surface area contributed by atoms with Crippen molar-refractivity contribution in [3.8, 4) is 5.75 Å². The van der Waals surface area contributed by atoms with E-state index in [1.54, 1.807) is 7.11 Å². The predicted molar refractivity (Wildman–Crippen MR) is 94.2 cm³/mol. The molecule has 1 unspecified atom stereocenters. The van der Waals surface area contributed by atoms with Gasteiger partial charge < -0.3 is 4.74 Å². The maximum Gasteiger partial charge on any atom is 0.118 e. The first-order valence-corrected chi connectivity index (χ1v) is 7.85. The highest BCUT2D eigenvalue weighted by molar-refractivity contribution is 5.74. The Morgan fingerprint density at radius 2 is 1.46 bits per heavy atom. The fourth-order valence-electron chi connectivity index (χ4n) is 2.97. The summed E-state index contributed by atoms with van der Waals surface area (Å²) in [5.41, 5.74) is 4.21. The molecule has 0 radical (unpaired) electrons. The minimum absolute atomic E-state index is 0.0375. The first-order valence-electron chi connectivity index (χ1n) is 7.85. The van der Waals surface area contributed by atoms with Gasteiger partial charge in [0.25, 0.3) is 0 Å². The van der Waals surface area contributed by atoms with Crippen LogP contribution in [0.25, 0.3) is 11.0 Å². The van der Waals surface area contributed by atoms with Crippen molar-refractivity contribution in [2.75, 3.05) is 7.11 Å². The molecule has 3 aromatic carbocycles. The van der Waals surface area contributed by atoms with Crippen LogP contribution in [0.4, 0.5) is 0 Å². The minimum Gasteiger partial charge on any atom is -0.497 e. The van der Waals surface area contributed by atoms with Crippen molar-refractivity contribution in [3.05, 3.63) is 90.0 Å². The van der Waals surface area contributed by atoms with Crippen molar-refractivity contribution in [2.24, 2.45) is 0 Å². The minimum atomic E-state index is -0.0375. The van der Waals surface area contributed by atoms with Gasteiger partial charge in [0.2, 0.25) is 0 Å². The van der Waals surface area contributed by atoms with Crippen molar-refractivity contribution in [1.82, 2.24) is 15.0 Å². The molecule has 4 aromatic rings. The second-order valence-electron chi connectivity index (χ2n) is 5.61. The normalized spacial score (nSPS) is 12.2. The highest BCUT2D eigenvalue weighted by Gasteiger charge is 2.19. The fraction of sp³-hybridized carbons (Fsp3) is 0.100. The van der Waals surface area contributed by atoms with Gasteiger partial charge in [-0.05, 0) is 35.4 Å². The summed E-state index contributed by atoms with van der Waals surface area (Å²) in [5, 5.41) is 8.74. The molecule has 4 heteroatoms. The molecule has 0 fully saturated rings. The molecule has 0 amide bonds. The molecule has 4 nitrogen and oxygen atoms in total. The number of ether oxygens (including phenoxy) is 1. The Kier molecular flexibility index (Phi) is 3.71. The molecule has 0 aliphatic heterocycles. The van der Waals surface area contributed by atoms with Crippen LogP contribution in [-0.4, -0.2) is 22.1 Å². The molecule has 0 bridgehead atoms. The molecule has 1 heterocycles. The van der Waals surface area contributed by atoms with Gasteiger partial charge in [0.15, 0.2) is 0 Å². The molecular formula is C20H17N3O. The summed E-state index contributed by atoms with van der Waals surface area (Å²) in [6.45, 7) is 0. The second-order valence-corrected chi connectivity index (χ2v) is 5.61. The number of benzene rings is 3. The van der Waals surface area contributed by atoms with Gasteiger partial charge in [-0.25, -0.2) is 4.68 Å². The summed E-state index contributed by atoms with van der Waals surface area (Å²) in [6.07, 6.45) is 0. The summed E-state index contributed by atoms with van der Waals surface area (Å²) in [6, 6.07) is 26.4. The first kappa shape index (κ1) is 14.5. The Bertz CT molecular complexity index is 945. The maximum atomic E-state index is 5.28. The summed E-state index contributed by atoms with van der Waals surface area (Å²) in [4.78, 5) is 0. The van der Waals surface area contributed by atoms with Crippen molar-refractivity contribution in [3.63, 3.8) is 0 Å². The van der Waals surface area contributed by atoms with Crippen molar-refractivity contribution < 1.29 is 4.74 Å². The van der Waals surface area contributed by atoms with Crippen LogP contribution in [0.3, 0.4) is 0 Å². The molecule has 0 saturated carbocycles. The molecule has 0 aliphatic rings. The molecule has 0 saturated heterocycles. The van der Waals surface area contributed by atoms with Gasteiger partial charge in [0.05, 0.1) is 12.6 Å². The van der Waals surface area contributed by atoms with E-state index < -0.39 is 0 Å². The predicted octanol–water partition coefficient (Wildman–Crippen LogP) is 4.08. The summed E-state index contributed by atoms with van der Waals surface area (Å²) in [7, 11) is 1.68. The highest BCUT2D eigenvalue weighted by Crippen LogP contribution is 2.29. The zero-order valence-electron chi connectivity index (χ0n) is 13.3. The van der Waals surface area contributed by atoms with Crippen LogP contribution in [0.2, 0.25) is 0 Å². The lowest BCUT2D eigenvalue weighted by atomic mass is 9.98. The summed E-state index contributed by atoms with van der Waals surface area (Å²) in [5.74, 6) is 0.842. The Labute approximate surface area is 140 Å². The Morgan fingerprint density at radius 3 is 2.21 bits per heavy atom. The van der Waals surface area contributed by atoms with Gasteiger partial charge in [-0.3, -0.25) is 0 Å². The topological polar surface area (TPSA) is 39.9 Å². The van der Waals surface area contributed by atoms with E-state index in [0.717, 1.165) is 22.3 Å².